The molecule has 0 radical (unpaired) electrons. The molecule has 0 aliphatic carbocycles. The number of nitrogens with zero attached hydrogens (tertiary/aromatic N) is 1. The molecule has 58 valence electrons. The molecule has 0 rings (SSSR count). The average Bonchev–Trinajstić information content (AvgIpc) is 1.21. The van der Waals surface area contributed by atoms with E-state index in [4.69, 9.17) is 5.11 Å². The Morgan fingerprint density at radius 1 is 1.33 bits per heavy atom. The van der Waals surface area contributed by atoms with E-state index in [1.807, 2.05) is 6.92 Å². The van der Waals surface area contributed by atoms with Gasteiger partial charge in [-0.15, -0.1) is 0 Å². The van der Waals surface area contributed by atoms with E-state index in [1.165, 1.54) is 0 Å². The van der Waals surface area contributed by atoms with E-state index >= 15 is 0 Å². The zero-order chi connectivity index (χ0) is 6.78. The third-order valence-electron chi connectivity index (χ3n) is 0.812. The first kappa shape index (κ1) is 11.6. The number of hydrogen-bond acceptors (Lipinski definition) is 2. The summed E-state index contributed by atoms with van der Waals surface area (Å²) in [4.78, 5) is 0. The highest BCUT2D eigenvalue weighted by Crippen LogP contribution is 1.92. The quantitative estimate of drug-likeness (QED) is 0.533. The molecular formula is C6H19N2O+. The molecule has 0 fully saturated rings. The summed E-state index contributed by atoms with van der Waals surface area (Å²) < 4.78 is 0.831. The smallest absolute Gasteiger partial charge is 0.104 e. The summed E-state index contributed by atoms with van der Waals surface area (Å²) >= 11 is 0. The van der Waals surface area contributed by atoms with Gasteiger partial charge in [-0.05, 0) is 6.92 Å². The largest absolute Gasteiger partial charge is 0.388 e. The molecule has 0 aliphatic rings. The molecule has 0 bridgehead atoms. The summed E-state index contributed by atoms with van der Waals surface area (Å²) in [7, 11) is 6.19. The Hall–Kier alpha value is -0.120. The molecule has 9 heavy (non-hydrogen) atoms. The highest BCUT2D eigenvalue weighted by Gasteiger charge is 2.09. The van der Waals surface area contributed by atoms with Crippen LogP contribution in [0.5, 0.6) is 0 Å². The van der Waals surface area contributed by atoms with E-state index in [-0.39, 0.29) is 12.3 Å². The summed E-state index contributed by atoms with van der Waals surface area (Å²) in [5.41, 5.74) is 0. The van der Waals surface area contributed by atoms with Crippen LogP contribution in [0.1, 0.15) is 6.92 Å². The van der Waals surface area contributed by atoms with Gasteiger partial charge in [0.05, 0.1) is 21.1 Å². The van der Waals surface area contributed by atoms with Gasteiger partial charge < -0.3 is 15.7 Å². The second kappa shape index (κ2) is 3.82. The molecule has 0 saturated heterocycles. The van der Waals surface area contributed by atoms with Crippen molar-refractivity contribution in [3.8, 4) is 0 Å². The second-order valence-corrected chi connectivity index (χ2v) is 3.32. The first-order valence-electron chi connectivity index (χ1n) is 2.90. The van der Waals surface area contributed by atoms with Crippen LogP contribution in [0.25, 0.3) is 0 Å². The Labute approximate surface area is 57.5 Å². The van der Waals surface area contributed by atoms with Crippen LogP contribution < -0.4 is 6.15 Å². The van der Waals surface area contributed by atoms with Crippen molar-refractivity contribution in [3.63, 3.8) is 0 Å². The summed E-state index contributed by atoms with van der Waals surface area (Å²) in [6.07, 6.45) is -0.185. The summed E-state index contributed by atoms with van der Waals surface area (Å²) in [6, 6.07) is 0. The molecule has 1 atom stereocenters. The van der Waals surface area contributed by atoms with Gasteiger partial charge >= 0.3 is 0 Å². The van der Waals surface area contributed by atoms with Crippen molar-refractivity contribution in [1.29, 1.82) is 0 Å². The molecular weight excluding hydrogens is 116 g/mol. The topological polar surface area (TPSA) is 55.2 Å². The first-order valence-corrected chi connectivity index (χ1v) is 2.90. The number of quaternary nitrogens is 1. The van der Waals surface area contributed by atoms with Crippen molar-refractivity contribution in [3.05, 3.63) is 0 Å². The van der Waals surface area contributed by atoms with Gasteiger partial charge in [0.25, 0.3) is 0 Å². The van der Waals surface area contributed by atoms with E-state index in [0.29, 0.717) is 0 Å². The minimum atomic E-state index is -0.185. The van der Waals surface area contributed by atoms with Crippen molar-refractivity contribution in [1.82, 2.24) is 6.15 Å². The third-order valence-corrected chi connectivity index (χ3v) is 0.812. The van der Waals surface area contributed by atoms with Crippen molar-refractivity contribution >= 4 is 0 Å². The Bertz CT molecular complexity index is 65.9. The van der Waals surface area contributed by atoms with Gasteiger partial charge in [-0.2, -0.15) is 0 Å². The normalized spacial score (nSPS) is 14.3. The van der Waals surface area contributed by atoms with Gasteiger partial charge in [-0.25, -0.2) is 0 Å². The number of likely N-dealkylation sites (N-methyl/N-ethyl adjacent to an activating group) is 1. The highest BCUT2D eigenvalue weighted by atomic mass is 16.3. The minimum Gasteiger partial charge on any atom is -0.388 e. The fourth-order valence-electron chi connectivity index (χ4n) is 0.793. The van der Waals surface area contributed by atoms with Crippen LogP contribution in [-0.4, -0.2) is 43.4 Å². The van der Waals surface area contributed by atoms with E-state index in [1.54, 1.807) is 0 Å². The van der Waals surface area contributed by atoms with Crippen LogP contribution in [0.3, 0.4) is 0 Å². The Kier molecular flexibility index (Phi) is 4.95. The lowest BCUT2D eigenvalue weighted by Crippen LogP contribution is -2.40. The monoisotopic (exact) mass is 135 g/mol. The number of aliphatic hydroxyl groups is 1. The van der Waals surface area contributed by atoms with Gasteiger partial charge in [-0.1, -0.05) is 0 Å². The number of rotatable bonds is 2. The zero-order valence-electron chi connectivity index (χ0n) is 6.89. The molecule has 0 aliphatic heterocycles. The lowest BCUT2D eigenvalue weighted by Gasteiger charge is -2.24. The molecule has 0 amide bonds. The van der Waals surface area contributed by atoms with Crippen molar-refractivity contribution in [2.24, 2.45) is 0 Å². The minimum absolute atomic E-state index is 0. The third kappa shape index (κ3) is 11.4. The molecule has 1 unspecified atom stereocenters. The highest BCUT2D eigenvalue weighted by molar-refractivity contribution is 4.39. The first-order chi connectivity index (χ1) is 3.42. The molecule has 3 heteroatoms. The average molecular weight is 135 g/mol. The Balaban J connectivity index is 0. The van der Waals surface area contributed by atoms with Gasteiger partial charge in [0.15, 0.2) is 0 Å². The molecule has 3 nitrogen and oxygen atoms in total. The molecule has 0 aromatic carbocycles. The van der Waals surface area contributed by atoms with Crippen LogP contribution in [-0.2, 0) is 0 Å². The van der Waals surface area contributed by atoms with Crippen LogP contribution in [0.15, 0.2) is 0 Å². The maximum Gasteiger partial charge on any atom is 0.104 e. The maximum absolute atomic E-state index is 8.87. The fraction of sp³-hybridized carbons (Fsp3) is 1.00. The molecule has 0 saturated carbocycles. The van der Waals surface area contributed by atoms with Crippen LogP contribution in [0, 0.1) is 0 Å². The summed E-state index contributed by atoms with van der Waals surface area (Å²) in [6.45, 7) is 2.63. The molecule has 0 aromatic heterocycles. The summed E-state index contributed by atoms with van der Waals surface area (Å²) in [5, 5.41) is 8.87. The Morgan fingerprint density at radius 2 is 1.67 bits per heavy atom. The lowest BCUT2D eigenvalue weighted by atomic mass is 10.3. The maximum atomic E-state index is 8.87. The standard InChI is InChI=1S/C6H16NO.H3N/c1-6(8)5-7(2,3)4;/h6,8H,5H2,1-4H3;1H3/q+1;. The van der Waals surface area contributed by atoms with Gasteiger partial charge in [0, 0.05) is 0 Å². The summed E-state index contributed by atoms with van der Waals surface area (Å²) in [5.74, 6) is 0. The van der Waals surface area contributed by atoms with E-state index in [9.17, 15) is 0 Å². The van der Waals surface area contributed by atoms with Gasteiger partial charge in [0.1, 0.15) is 12.6 Å². The molecule has 0 spiro atoms. The van der Waals surface area contributed by atoms with E-state index in [2.05, 4.69) is 21.1 Å². The molecule has 4 N–H and O–H groups in total. The second-order valence-electron chi connectivity index (χ2n) is 3.32. The zero-order valence-corrected chi connectivity index (χ0v) is 6.89. The molecule has 0 heterocycles. The predicted octanol–water partition coefficient (Wildman–Crippen LogP) is 0.235. The van der Waals surface area contributed by atoms with Crippen LogP contribution >= 0.6 is 0 Å². The fourth-order valence-corrected chi connectivity index (χ4v) is 0.793. The van der Waals surface area contributed by atoms with Crippen LogP contribution in [0.4, 0.5) is 0 Å². The Morgan fingerprint density at radius 3 is 1.67 bits per heavy atom. The lowest BCUT2D eigenvalue weighted by molar-refractivity contribution is -0.873. The van der Waals surface area contributed by atoms with Gasteiger partial charge in [-0.3, -0.25) is 0 Å². The molecule has 0 aromatic rings. The van der Waals surface area contributed by atoms with Crippen molar-refractivity contribution < 1.29 is 9.59 Å². The van der Waals surface area contributed by atoms with Crippen molar-refractivity contribution in [2.75, 3.05) is 27.7 Å². The number of hydrogen-bond donors (Lipinski definition) is 2. The van der Waals surface area contributed by atoms with E-state index in [0.717, 1.165) is 11.0 Å². The SMILES string of the molecule is CC(O)C[N+](C)(C)C.N. The predicted molar refractivity (Wildman–Crippen MR) is 39.6 cm³/mol. The van der Waals surface area contributed by atoms with E-state index < -0.39 is 0 Å². The van der Waals surface area contributed by atoms with Crippen LogP contribution in [0.2, 0.25) is 0 Å². The van der Waals surface area contributed by atoms with Crippen molar-refractivity contribution in [2.45, 2.75) is 13.0 Å². The number of aliphatic hydroxyl groups excluding tert-OH is 1. The van der Waals surface area contributed by atoms with Gasteiger partial charge in [0.2, 0.25) is 0 Å².